The van der Waals surface area contributed by atoms with Gasteiger partial charge in [-0.25, -0.2) is 25.3 Å². The largest absolute Gasteiger partial charge is 0.311 e. The maximum Gasteiger partial charge on any atom is 0.206 e. The summed E-state index contributed by atoms with van der Waals surface area (Å²) in [6.45, 7) is 0. The standard InChI is InChI=1S/C57H45N7O6S3/c65-71(66,52-10-4-1-5-11-52)55-34-22-46(23-35-55)61-58-40-43-16-28-49(29-17-43)64(50-30-18-44(19-31-50)41-59-62-47-24-36-56(37-25-47)72(67,68)53-12-6-2-7-13-53)51-32-20-45(21-33-51)42-60-63-48-26-38-57(39-27-48)73(69,70)54-14-8-3-9-15-54/h1-42,61-63H/b58-40+,59-41+,60-42+. The van der Waals surface area contributed by atoms with E-state index in [1.165, 1.54) is 0 Å². The van der Waals surface area contributed by atoms with E-state index in [1.54, 1.807) is 182 Å². The summed E-state index contributed by atoms with van der Waals surface area (Å²) in [6, 6.07) is 67.7. The van der Waals surface area contributed by atoms with Crippen molar-refractivity contribution >= 4 is 82.3 Å². The van der Waals surface area contributed by atoms with E-state index in [9.17, 15) is 25.3 Å². The van der Waals surface area contributed by atoms with Crippen molar-refractivity contribution in [2.75, 3.05) is 21.2 Å². The molecule has 0 amide bonds. The number of nitrogens with one attached hydrogen (secondary N) is 3. The molecule has 0 saturated carbocycles. The highest BCUT2D eigenvalue weighted by Crippen LogP contribution is 2.35. The Morgan fingerprint density at radius 1 is 0.274 bits per heavy atom. The molecule has 0 heterocycles. The Labute approximate surface area is 424 Å². The van der Waals surface area contributed by atoms with E-state index >= 15 is 0 Å². The molecule has 0 aliphatic heterocycles. The fourth-order valence-corrected chi connectivity index (χ4v) is 11.3. The molecule has 9 aromatic carbocycles. The molecule has 3 N–H and O–H groups in total. The summed E-state index contributed by atoms with van der Waals surface area (Å²) in [5, 5.41) is 13.2. The quantitative estimate of drug-likeness (QED) is 0.0553. The van der Waals surface area contributed by atoms with Crippen molar-refractivity contribution in [3.05, 3.63) is 253 Å². The molecule has 0 fully saturated rings. The monoisotopic (exact) mass is 1020 g/mol. The average Bonchev–Trinajstić information content (AvgIpc) is 3.43. The van der Waals surface area contributed by atoms with Crippen molar-refractivity contribution in [1.29, 1.82) is 0 Å². The molecule has 0 spiro atoms. The van der Waals surface area contributed by atoms with Crippen LogP contribution in [0.15, 0.2) is 281 Å². The molecule has 73 heavy (non-hydrogen) atoms. The van der Waals surface area contributed by atoms with Crippen LogP contribution in [-0.2, 0) is 29.5 Å². The van der Waals surface area contributed by atoms with Crippen LogP contribution in [0.2, 0.25) is 0 Å². The van der Waals surface area contributed by atoms with Crippen molar-refractivity contribution in [2.45, 2.75) is 29.4 Å². The number of hydrogen-bond acceptors (Lipinski definition) is 13. The topological polar surface area (TPSA) is 179 Å². The van der Waals surface area contributed by atoms with Gasteiger partial charge in [-0.1, -0.05) is 91.0 Å². The maximum atomic E-state index is 13.0. The summed E-state index contributed by atoms with van der Waals surface area (Å²) in [5.41, 5.74) is 15.8. The van der Waals surface area contributed by atoms with Gasteiger partial charge in [-0.15, -0.1) is 0 Å². The van der Waals surface area contributed by atoms with Gasteiger partial charge in [-0.05, 0) is 162 Å². The third-order valence-corrected chi connectivity index (χ3v) is 16.7. The Kier molecular flexibility index (Phi) is 14.8. The molecule has 9 rings (SSSR count). The molecule has 0 atom stereocenters. The summed E-state index contributed by atoms with van der Waals surface area (Å²) in [4.78, 5) is 3.34. The Balaban J connectivity index is 0.891. The van der Waals surface area contributed by atoms with Gasteiger partial charge in [0.1, 0.15) is 0 Å². The molecule has 0 saturated heterocycles. The second kappa shape index (κ2) is 22.0. The van der Waals surface area contributed by atoms with Crippen LogP contribution in [-0.4, -0.2) is 43.9 Å². The number of rotatable bonds is 18. The van der Waals surface area contributed by atoms with Crippen LogP contribution < -0.4 is 21.2 Å². The Morgan fingerprint density at radius 3 is 0.726 bits per heavy atom. The van der Waals surface area contributed by atoms with Crippen LogP contribution in [0.4, 0.5) is 34.1 Å². The molecule has 13 nitrogen and oxygen atoms in total. The van der Waals surface area contributed by atoms with Crippen LogP contribution in [0.5, 0.6) is 0 Å². The lowest BCUT2D eigenvalue weighted by Gasteiger charge is -2.25. The summed E-state index contributed by atoms with van der Waals surface area (Å²) in [7, 11) is -10.9. The van der Waals surface area contributed by atoms with Crippen molar-refractivity contribution < 1.29 is 25.3 Å². The van der Waals surface area contributed by atoms with Crippen molar-refractivity contribution in [2.24, 2.45) is 15.3 Å². The molecule has 0 aliphatic carbocycles. The second-order valence-corrected chi connectivity index (χ2v) is 22.1. The van der Waals surface area contributed by atoms with Gasteiger partial charge >= 0.3 is 0 Å². The smallest absolute Gasteiger partial charge is 0.206 e. The molecule has 16 heteroatoms. The zero-order chi connectivity index (χ0) is 50.7. The van der Waals surface area contributed by atoms with Crippen LogP contribution >= 0.6 is 0 Å². The molecular formula is C57H45N7O6S3. The number of benzene rings is 9. The fraction of sp³-hybridized carbons (Fsp3) is 0. The van der Waals surface area contributed by atoms with E-state index in [-0.39, 0.29) is 29.4 Å². The fourth-order valence-electron chi connectivity index (χ4n) is 7.45. The van der Waals surface area contributed by atoms with Gasteiger partial charge in [0.2, 0.25) is 29.5 Å². The first kappa shape index (κ1) is 49.0. The lowest BCUT2D eigenvalue weighted by atomic mass is 10.1. The minimum absolute atomic E-state index is 0.186. The minimum atomic E-state index is -3.64. The molecule has 0 aromatic heterocycles. The van der Waals surface area contributed by atoms with E-state index in [2.05, 4.69) is 36.5 Å². The Bertz CT molecular complexity index is 3340. The van der Waals surface area contributed by atoms with Crippen LogP contribution in [0.25, 0.3) is 0 Å². The third kappa shape index (κ3) is 11.8. The first-order chi connectivity index (χ1) is 35.4. The lowest BCUT2D eigenvalue weighted by molar-refractivity contribution is 0.594. The Morgan fingerprint density at radius 2 is 0.493 bits per heavy atom. The number of nitrogens with zero attached hydrogens (tertiary/aromatic N) is 4. The van der Waals surface area contributed by atoms with E-state index in [1.807, 2.05) is 72.8 Å². The van der Waals surface area contributed by atoms with Crippen molar-refractivity contribution in [1.82, 2.24) is 0 Å². The molecular weight excluding hydrogens is 975 g/mol. The van der Waals surface area contributed by atoms with E-state index in [0.717, 1.165) is 33.8 Å². The highest BCUT2D eigenvalue weighted by Gasteiger charge is 2.19. The lowest BCUT2D eigenvalue weighted by Crippen LogP contribution is -2.10. The van der Waals surface area contributed by atoms with E-state index < -0.39 is 29.5 Å². The number of anilines is 6. The summed E-state index contributed by atoms with van der Waals surface area (Å²) in [6.07, 6.45) is 5.03. The average molecular weight is 1020 g/mol. The Hall–Kier alpha value is -8.96. The summed E-state index contributed by atoms with van der Waals surface area (Å²) < 4.78 is 78.1. The van der Waals surface area contributed by atoms with Crippen LogP contribution in [0.1, 0.15) is 16.7 Å². The number of hydrogen-bond donors (Lipinski definition) is 3. The zero-order valence-electron chi connectivity index (χ0n) is 38.7. The molecule has 9 aromatic rings. The van der Waals surface area contributed by atoms with Crippen LogP contribution in [0, 0.1) is 0 Å². The maximum absolute atomic E-state index is 13.0. The van der Waals surface area contributed by atoms with Gasteiger partial charge in [0.25, 0.3) is 0 Å². The van der Waals surface area contributed by atoms with Gasteiger partial charge in [-0.3, -0.25) is 16.3 Å². The molecule has 0 aliphatic rings. The predicted molar refractivity (Wildman–Crippen MR) is 290 cm³/mol. The number of hydrazone groups is 3. The van der Waals surface area contributed by atoms with Gasteiger partial charge in [0, 0.05) is 17.1 Å². The molecule has 0 unspecified atom stereocenters. The predicted octanol–water partition coefficient (Wildman–Crippen LogP) is 12.0. The first-order valence-electron chi connectivity index (χ1n) is 22.6. The highest BCUT2D eigenvalue weighted by atomic mass is 32.2. The highest BCUT2D eigenvalue weighted by molar-refractivity contribution is 7.92. The zero-order valence-corrected chi connectivity index (χ0v) is 41.2. The minimum Gasteiger partial charge on any atom is -0.311 e. The molecule has 0 bridgehead atoms. The van der Waals surface area contributed by atoms with Gasteiger partial charge in [0.15, 0.2) is 0 Å². The van der Waals surface area contributed by atoms with E-state index in [4.69, 9.17) is 0 Å². The van der Waals surface area contributed by atoms with Crippen molar-refractivity contribution in [3.63, 3.8) is 0 Å². The van der Waals surface area contributed by atoms with E-state index in [0.29, 0.717) is 17.1 Å². The third-order valence-electron chi connectivity index (χ3n) is 11.3. The van der Waals surface area contributed by atoms with Gasteiger partial charge in [0.05, 0.1) is 65.1 Å². The molecule has 362 valence electrons. The van der Waals surface area contributed by atoms with Crippen LogP contribution in [0.3, 0.4) is 0 Å². The van der Waals surface area contributed by atoms with Crippen molar-refractivity contribution in [3.8, 4) is 0 Å². The first-order valence-corrected chi connectivity index (χ1v) is 27.1. The molecule has 0 radical (unpaired) electrons. The SMILES string of the molecule is O=S(=O)(c1ccccc1)c1ccc(N/N=C/c2ccc(N(c3ccc(/C=N/Nc4ccc(S(=O)(=O)c5ccccc5)cc4)cc3)c3ccc(/C=N/Nc4ccc(S(=O)(=O)c5ccccc5)cc4)cc3)cc2)cc1. The number of sulfone groups is 3. The second-order valence-electron chi connectivity index (χ2n) is 16.2. The van der Waals surface area contributed by atoms with Gasteiger partial charge < -0.3 is 4.90 Å². The normalized spacial score (nSPS) is 12.0. The summed E-state index contributed by atoms with van der Waals surface area (Å²) in [5.74, 6) is 0. The summed E-state index contributed by atoms with van der Waals surface area (Å²) >= 11 is 0. The van der Waals surface area contributed by atoms with Gasteiger partial charge in [-0.2, -0.15) is 15.3 Å².